The Labute approximate surface area is 133 Å². The van der Waals surface area contributed by atoms with Gasteiger partial charge in [0, 0.05) is 25.1 Å². The molecule has 1 saturated heterocycles. The molecule has 5 nitrogen and oxygen atoms in total. The molecule has 0 spiro atoms. The number of hydrogen-bond acceptors (Lipinski definition) is 3. The summed E-state index contributed by atoms with van der Waals surface area (Å²) in [5.74, 6) is -3.46. The Kier molecular flexibility index (Phi) is 5.65. The standard InChI is InChI=1S/C16H21F2N3O2/c1-2-6-19-14(22)12-5-3-4-11(7-12)9-20-15(23)13-8-16(17,18)10-21-13/h3-5,7,13,21H,2,6,8-10H2,1H3,(H,19,22)(H,20,23). The van der Waals surface area contributed by atoms with E-state index < -0.39 is 30.8 Å². The molecular formula is C16H21F2N3O2. The van der Waals surface area contributed by atoms with Crippen LogP contribution in [0.2, 0.25) is 0 Å². The molecule has 1 unspecified atom stereocenters. The molecule has 0 aromatic heterocycles. The summed E-state index contributed by atoms with van der Waals surface area (Å²) in [6, 6.07) is 6.00. The van der Waals surface area contributed by atoms with Gasteiger partial charge in [-0.2, -0.15) is 0 Å². The van der Waals surface area contributed by atoms with Gasteiger partial charge in [-0.15, -0.1) is 0 Å². The van der Waals surface area contributed by atoms with E-state index in [4.69, 9.17) is 0 Å². The average Bonchev–Trinajstić information content (AvgIpc) is 2.90. The van der Waals surface area contributed by atoms with Crippen LogP contribution in [-0.4, -0.2) is 36.9 Å². The van der Waals surface area contributed by atoms with E-state index in [0.717, 1.165) is 12.0 Å². The molecule has 1 atom stereocenters. The Morgan fingerprint density at radius 3 is 2.78 bits per heavy atom. The zero-order valence-corrected chi connectivity index (χ0v) is 13.0. The molecule has 0 aliphatic carbocycles. The van der Waals surface area contributed by atoms with Crippen LogP contribution < -0.4 is 16.0 Å². The zero-order valence-electron chi connectivity index (χ0n) is 13.0. The molecule has 1 heterocycles. The third-order valence-corrected chi connectivity index (χ3v) is 3.62. The molecule has 126 valence electrons. The highest BCUT2D eigenvalue weighted by Crippen LogP contribution is 2.25. The minimum Gasteiger partial charge on any atom is -0.352 e. The normalized spacial score (nSPS) is 19.3. The maximum Gasteiger partial charge on any atom is 0.262 e. The second kappa shape index (κ2) is 7.50. The van der Waals surface area contributed by atoms with Crippen molar-refractivity contribution in [2.75, 3.05) is 13.1 Å². The van der Waals surface area contributed by atoms with Crippen LogP contribution in [0, 0.1) is 0 Å². The third-order valence-electron chi connectivity index (χ3n) is 3.62. The van der Waals surface area contributed by atoms with E-state index in [1.54, 1.807) is 24.3 Å². The quantitative estimate of drug-likeness (QED) is 0.741. The lowest BCUT2D eigenvalue weighted by molar-refractivity contribution is -0.123. The van der Waals surface area contributed by atoms with Gasteiger partial charge in [0.2, 0.25) is 5.91 Å². The van der Waals surface area contributed by atoms with Gasteiger partial charge < -0.3 is 10.6 Å². The van der Waals surface area contributed by atoms with Gasteiger partial charge in [-0.05, 0) is 24.1 Å². The van der Waals surface area contributed by atoms with E-state index in [1.807, 2.05) is 6.92 Å². The van der Waals surface area contributed by atoms with Gasteiger partial charge in [0.1, 0.15) is 0 Å². The van der Waals surface area contributed by atoms with Gasteiger partial charge in [0.25, 0.3) is 11.8 Å². The Bertz CT molecular complexity index is 578. The summed E-state index contributed by atoms with van der Waals surface area (Å²) in [6.45, 7) is 2.28. The highest BCUT2D eigenvalue weighted by molar-refractivity contribution is 5.94. The molecule has 1 aliphatic rings. The summed E-state index contributed by atoms with van der Waals surface area (Å²) in [5.41, 5.74) is 1.25. The van der Waals surface area contributed by atoms with Crippen LogP contribution in [0.15, 0.2) is 24.3 Å². The van der Waals surface area contributed by atoms with E-state index in [1.165, 1.54) is 0 Å². The van der Waals surface area contributed by atoms with Crippen LogP contribution in [0.5, 0.6) is 0 Å². The molecule has 1 fully saturated rings. The van der Waals surface area contributed by atoms with Crippen molar-refractivity contribution in [2.24, 2.45) is 0 Å². The topological polar surface area (TPSA) is 70.2 Å². The molecule has 7 heteroatoms. The van der Waals surface area contributed by atoms with E-state index in [9.17, 15) is 18.4 Å². The fourth-order valence-electron chi connectivity index (χ4n) is 2.38. The Morgan fingerprint density at radius 1 is 1.35 bits per heavy atom. The van der Waals surface area contributed by atoms with Crippen molar-refractivity contribution in [2.45, 2.75) is 38.3 Å². The van der Waals surface area contributed by atoms with Gasteiger partial charge in [0.15, 0.2) is 0 Å². The third kappa shape index (κ3) is 4.99. The van der Waals surface area contributed by atoms with Crippen molar-refractivity contribution in [3.05, 3.63) is 35.4 Å². The predicted octanol–water partition coefficient (Wildman–Crippen LogP) is 1.44. The summed E-state index contributed by atoms with van der Waals surface area (Å²) < 4.78 is 26.1. The van der Waals surface area contributed by atoms with Gasteiger partial charge >= 0.3 is 0 Å². The fraction of sp³-hybridized carbons (Fsp3) is 0.500. The molecule has 2 amide bonds. The Hall–Kier alpha value is -2.02. The second-order valence-electron chi connectivity index (χ2n) is 5.67. The van der Waals surface area contributed by atoms with Crippen molar-refractivity contribution in [3.8, 4) is 0 Å². The number of carbonyl (C=O) groups is 2. The first-order chi connectivity index (χ1) is 10.9. The molecule has 3 N–H and O–H groups in total. The lowest BCUT2D eigenvalue weighted by Crippen LogP contribution is -2.40. The van der Waals surface area contributed by atoms with Crippen LogP contribution in [0.25, 0.3) is 0 Å². The largest absolute Gasteiger partial charge is 0.352 e. The minimum absolute atomic E-state index is 0.169. The Morgan fingerprint density at radius 2 is 2.13 bits per heavy atom. The van der Waals surface area contributed by atoms with Crippen molar-refractivity contribution in [1.82, 2.24) is 16.0 Å². The van der Waals surface area contributed by atoms with Crippen molar-refractivity contribution >= 4 is 11.8 Å². The van der Waals surface area contributed by atoms with Crippen molar-refractivity contribution < 1.29 is 18.4 Å². The number of carbonyl (C=O) groups excluding carboxylic acids is 2. The van der Waals surface area contributed by atoms with Crippen molar-refractivity contribution in [3.63, 3.8) is 0 Å². The van der Waals surface area contributed by atoms with Gasteiger partial charge in [0.05, 0.1) is 12.6 Å². The minimum atomic E-state index is -2.83. The molecule has 23 heavy (non-hydrogen) atoms. The van der Waals surface area contributed by atoms with Crippen LogP contribution in [0.1, 0.15) is 35.7 Å². The molecule has 1 aromatic rings. The number of hydrogen-bond donors (Lipinski definition) is 3. The van der Waals surface area contributed by atoms with Crippen LogP contribution >= 0.6 is 0 Å². The molecule has 1 aromatic carbocycles. The van der Waals surface area contributed by atoms with E-state index in [2.05, 4.69) is 16.0 Å². The van der Waals surface area contributed by atoms with Crippen LogP contribution in [0.4, 0.5) is 8.78 Å². The second-order valence-corrected chi connectivity index (χ2v) is 5.67. The van der Waals surface area contributed by atoms with Crippen LogP contribution in [0.3, 0.4) is 0 Å². The van der Waals surface area contributed by atoms with E-state index >= 15 is 0 Å². The maximum absolute atomic E-state index is 13.1. The fourth-order valence-corrected chi connectivity index (χ4v) is 2.38. The number of amides is 2. The Balaban J connectivity index is 1.88. The van der Waals surface area contributed by atoms with E-state index in [0.29, 0.717) is 12.1 Å². The summed E-state index contributed by atoms with van der Waals surface area (Å²) in [6.07, 6.45) is 0.360. The summed E-state index contributed by atoms with van der Waals surface area (Å²) in [5, 5.41) is 7.91. The summed E-state index contributed by atoms with van der Waals surface area (Å²) >= 11 is 0. The monoisotopic (exact) mass is 325 g/mol. The summed E-state index contributed by atoms with van der Waals surface area (Å²) in [4.78, 5) is 23.8. The van der Waals surface area contributed by atoms with Gasteiger partial charge in [-0.25, -0.2) is 8.78 Å². The molecule has 0 bridgehead atoms. The predicted molar refractivity (Wildman–Crippen MR) is 82.3 cm³/mol. The van der Waals surface area contributed by atoms with Gasteiger partial charge in [-0.1, -0.05) is 19.1 Å². The van der Waals surface area contributed by atoms with Gasteiger partial charge in [-0.3, -0.25) is 14.9 Å². The molecule has 1 aliphatic heterocycles. The molecular weight excluding hydrogens is 304 g/mol. The number of alkyl halides is 2. The highest BCUT2D eigenvalue weighted by Gasteiger charge is 2.42. The lowest BCUT2D eigenvalue weighted by atomic mass is 10.1. The molecule has 0 radical (unpaired) electrons. The first kappa shape index (κ1) is 17.3. The van der Waals surface area contributed by atoms with E-state index in [-0.39, 0.29) is 12.5 Å². The van der Waals surface area contributed by atoms with Crippen molar-refractivity contribution in [1.29, 1.82) is 0 Å². The lowest BCUT2D eigenvalue weighted by Gasteiger charge is -2.12. The number of rotatable bonds is 6. The number of halogens is 2. The first-order valence-corrected chi connectivity index (χ1v) is 7.67. The molecule has 2 rings (SSSR count). The number of nitrogens with one attached hydrogen (secondary N) is 3. The molecule has 0 saturated carbocycles. The highest BCUT2D eigenvalue weighted by atomic mass is 19.3. The average molecular weight is 325 g/mol. The first-order valence-electron chi connectivity index (χ1n) is 7.67. The number of benzene rings is 1. The summed E-state index contributed by atoms with van der Waals surface area (Å²) in [7, 11) is 0. The smallest absolute Gasteiger partial charge is 0.262 e. The maximum atomic E-state index is 13.1. The SMILES string of the molecule is CCCNC(=O)c1cccc(CNC(=O)C2CC(F)(F)CN2)c1. The zero-order chi connectivity index (χ0) is 16.9. The van der Waals surface area contributed by atoms with Crippen LogP contribution in [-0.2, 0) is 11.3 Å².